The summed E-state index contributed by atoms with van der Waals surface area (Å²) in [5, 5.41) is 0. The third kappa shape index (κ3) is 4.13. The van der Waals surface area contributed by atoms with Gasteiger partial charge in [-0.25, -0.2) is 4.79 Å². The van der Waals surface area contributed by atoms with Crippen molar-refractivity contribution in [3.8, 4) is 0 Å². The Balaban J connectivity index is 1.10. The monoisotopic (exact) mass is 443 g/mol. The zero-order valence-electron chi connectivity index (χ0n) is 18.0. The van der Waals surface area contributed by atoms with E-state index in [-0.39, 0.29) is 17.4 Å². The maximum Gasteiger partial charge on any atom is 0.409 e. The molecule has 31 heavy (non-hydrogen) atoms. The van der Waals surface area contributed by atoms with Crippen molar-refractivity contribution < 1.29 is 14.3 Å². The van der Waals surface area contributed by atoms with E-state index in [0.717, 1.165) is 49.9 Å². The Hall–Kier alpha value is -2.26. The predicted octanol–water partition coefficient (Wildman–Crippen LogP) is 2.59. The average molecular weight is 444 g/mol. The highest BCUT2D eigenvalue weighted by Crippen LogP contribution is 2.60. The van der Waals surface area contributed by atoms with Crippen molar-refractivity contribution in [2.75, 3.05) is 45.9 Å². The van der Waals surface area contributed by atoms with Crippen LogP contribution in [-0.2, 0) is 16.1 Å². The van der Waals surface area contributed by atoms with Gasteiger partial charge in [0.2, 0.25) is 5.91 Å². The second kappa shape index (κ2) is 8.35. The summed E-state index contributed by atoms with van der Waals surface area (Å²) in [5.74, 6) is 0.458. The average Bonchev–Trinajstić information content (AvgIpc) is 3.28. The number of ether oxygens (including phenoxy) is 1. The number of piperazine rings is 1. The van der Waals surface area contributed by atoms with E-state index in [1.165, 1.54) is 17.3 Å². The first-order chi connectivity index (χ1) is 15.1. The van der Waals surface area contributed by atoms with Gasteiger partial charge in [-0.1, -0.05) is 6.07 Å². The minimum atomic E-state index is -0.268. The first-order valence-corrected chi connectivity index (χ1v) is 11.9. The molecule has 3 fully saturated rings. The summed E-state index contributed by atoms with van der Waals surface area (Å²) in [6, 6.07) is 6.34. The molecule has 1 aliphatic carbocycles. The van der Waals surface area contributed by atoms with Gasteiger partial charge in [0.05, 0.1) is 18.3 Å². The highest BCUT2D eigenvalue weighted by atomic mass is 32.1. The molecule has 2 amide bonds. The van der Waals surface area contributed by atoms with Gasteiger partial charge in [0.25, 0.3) is 0 Å². The lowest BCUT2D eigenvalue weighted by Gasteiger charge is -2.36. The molecule has 3 heterocycles. The number of amides is 2. The van der Waals surface area contributed by atoms with E-state index in [1.807, 2.05) is 11.8 Å². The van der Waals surface area contributed by atoms with Gasteiger partial charge < -0.3 is 14.5 Å². The number of carbonyl (C=O) groups excluding carboxylic acids is 2. The minimum absolute atomic E-state index is 0.168. The molecule has 1 aromatic heterocycles. The van der Waals surface area contributed by atoms with E-state index in [1.54, 1.807) is 4.90 Å². The maximum atomic E-state index is 13.1. The molecule has 0 radical (unpaired) electrons. The number of hydrogen-bond acceptors (Lipinski definition) is 7. The fraction of sp³-hybridized carbons (Fsp3) is 0.636. The molecular weight excluding hydrogens is 414 g/mol. The van der Waals surface area contributed by atoms with Crippen molar-refractivity contribution in [2.45, 2.75) is 32.7 Å². The number of nitrogens with zero attached hydrogens (tertiary/aromatic N) is 5. The minimum Gasteiger partial charge on any atom is -0.450 e. The first-order valence-electron chi connectivity index (χ1n) is 11.2. The molecule has 2 saturated heterocycles. The molecule has 1 aromatic carbocycles. The molecule has 1 atom stereocenters. The molecule has 3 aliphatic rings. The topological polar surface area (TPSA) is 78.9 Å². The Labute approximate surface area is 186 Å². The summed E-state index contributed by atoms with van der Waals surface area (Å²) in [5.41, 5.74) is 3.42. The summed E-state index contributed by atoms with van der Waals surface area (Å²) in [6.07, 6.45) is 2.93. The molecular formula is C22H29N5O3S. The second-order valence-corrected chi connectivity index (χ2v) is 9.52. The van der Waals surface area contributed by atoms with E-state index in [0.29, 0.717) is 38.7 Å². The van der Waals surface area contributed by atoms with Gasteiger partial charge in [0, 0.05) is 38.6 Å². The van der Waals surface area contributed by atoms with Crippen molar-refractivity contribution >= 4 is 34.8 Å². The van der Waals surface area contributed by atoms with Crippen LogP contribution in [0.5, 0.6) is 0 Å². The standard InChI is InChI=1S/C22H29N5O3S/c1-2-30-21(29)27-11-9-26(10-12-27)20(28)17-14-22(17)5-7-25(8-6-22)15-16-3-4-18-19(13-16)24-31-23-18/h3-4,13,17H,2,5-12,14-15H2,1H3/t17-/m0/s1. The molecule has 0 unspecified atom stereocenters. The van der Waals surface area contributed by atoms with Crippen LogP contribution in [0, 0.1) is 11.3 Å². The number of rotatable bonds is 4. The van der Waals surface area contributed by atoms with E-state index >= 15 is 0 Å². The molecule has 9 heteroatoms. The molecule has 1 saturated carbocycles. The molecule has 8 nitrogen and oxygen atoms in total. The van der Waals surface area contributed by atoms with Crippen LogP contribution >= 0.6 is 11.7 Å². The third-order valence-electron chi connectivity index (χ3n) is 7.18. The van der Waals surface area contributed by atoms with Crippen molar-refractivity contribution in [2.24, 2.45) is 11.3 Å². The van der Waals surface area contributed by atoms with Crippen molar-refractivity contribution in [1.82, 2.24) is 23.4 Å². The number of benzene rings is 1. The number of hydrogen-bond donors (Lipinski definition) is 0. The Bertz CT molecular complexity index is 963. The van der Waals surface area contributed by atoms with E-state index in [2.05, 4.69) is 31.8 Å². The van der Waals surface area contributed by atoms with Crippen LogP contribution in [0.15, 0.2) is 18.2 Å². The maximum absolute atomic E-state index is 13.1. The van der Waals surface area contributed by atoms with Crippen molar-refractivity contribution in [3.63, 3.8) is 0 Å². The number of aromatic nitrogens is 2. The van der Waals surface area contributed by atoms with Gasteiger partial charge in [-0.05, 0) is 62.4 Å². The quantitative estimate of drug-likeness (QED) is 0.723. The van der Waals surface area contributed by atoms with Gasteiger partial charge in [0.1, 0.15) is 11.0 Å². The predicted molar refractivity (Wildman–Crippen MR) is 118 cm³/mol. The van der Waals surface area contributed by atoms with Crippen LogP contribution in [0.3, 0.4) is 0 Å². The van der Waals surface area contributed by atoms with Gasteiger partial charge in [-0.15, -0.1) is 0 Å². The lowest BCUT2D eigenvalue weighted by molar-refractivity contribution is -0.135. The SMILES string of the molecule is CCOC(=O)N1CCN(C(=O)[C@@H]2CC23CCN(Cc2ccc4nsnc4c2)CC3)CC1. The van der Waals surface area contributed by atoms with Gasteiger partial charge in [-0.3, -0.25) is 9.69 Å². The van der Waals surface area contributed by atoms with Crippen LogP contribution in [-0.4, -0.2) is 81.3 Å². The largest absolute Gasteiger partial charge is 0.450 e. The Kier molecular flexibility index (Phi) is 5.56. The molecule has 2 aromatic rings. The van der Waals surface area contributed by atoms with Gasteiger partial charge >= 0.3 is 6.09 Å². The zero-order valence-corrected chi connectivity index (χ0v) is 18.8. The lowest BCUT2D eigenvalue weighted by Crippen LogP contribution is -2.51. The fourth-order valence-electron chi connectivity index (χ4n) is 5.13. The Morgan fingerprint density at radius 1 is 1.06 bits per heavy atom. The molecule has 0 N–H and O–H groups in total. The highest BCUT2D eigenvalue weighted by Gasteiger charge is 2.59. The number of carbonyl (C=O) groups is 2. The Morgan fingerprint density at radius 3 is 2.52 bits per heavy atom. The van der Waals surface area contributed by atoms with E-state index in [9.17, 15) is 9.59 Å². The third-order valence-corrected chi connectivity index (χ3v) is 7.74. The molecule has 0 bridgehead atoms. The van der Waals surface area contributed by atoms with Crippen molar-refractivity contribution in [3.05, 3.63) is 23.8 Å². The molecule has 2 aliphatic heterocycles. The second-order valence-electron chi connectivity index (χ2n) is 8.99. The van der Waals surface area contributed by atoms with Crippen LogP contribution in [0.25, 0.3) is 11.0 Å². The van der Waals surface area contributed by atoms with Crippen molar-refractivity contribution in [1.29, 1.82) is 0 Å². The van der Waals surface area contributed by atoms with E-state index < -0.39 is 0 Å². The van der Waals surface area contributed by atoms with Gasteiger partial charge in [0.15, 0.2) is 0 Å². The summed E-state index contributed by atoms with van der Waals surface area (Å²) in [7, 11) is 0. The highest BCUT2D eigenvalue weighted by molar-refractivity contribution is 7.00. The summed E-state index contributed by atoms with van der Waals surface area (Å²) in [4.78, 5) is 31.1. The number of likely N-dealkylation sites (tertiary alicyclic amines) is 1. The molecule has 5 rings (SSSR count). The zero-order chi connectivity index (χ0) is 21.4. The van der Waals surface area contributed by atoms with Crippen LogP contribution in [0.2, 0.25) is 0 Å². The number of piperidine rings is 1. The normalized spacial score (nSPS) is 23.3. The van der Waals surface area contributed by atoms with Gasteiger partial charge in [-0.2, -0.15) is 8.75 Å². The summed E-state index contributed by atoms with van der Waals surface area (Å²) in [6.45, 7) is 7.56. The summed E-state index contributed by atoms with van der Waals surface area (Å²) < 4.78 is 13.7. The van der Waals surface area contributed by atoms with E-state index in [4.69, 9.17) is 4.74 Å². The van der Waals surface area contributed by atoms with Crippen LogP contribution in [0.4, 0.5) is 4.79 Å². The Morgan fingerprint density at radius 2 is 1.77 bits per heavy atom. The summed E-state index contributed by atoms with van der Waals surface area (Å²) >= 11 is 1.26. The number of fused-ring (bicyclic) bond motifs is 1. The first kappa shape index (κ1) is 20.6. The molecule has 1 spiro atoms. The van der Waals surface area contributed by atoms with Crippen LogP contribution in [0.1, 0.15) is 31.7 Å². The fourth-order valence-corrected chi connectivity index (χ4v) is 5.65. The lowest BCUT2D eigenvalue weighted by atomic mass is 9.90. The molecule has 166 valence electrons. The smallest absolute Gasteiger partial charge is 0.409 e. The van der Waals surface area contributed by atoms with Crippen LogP contribution < -0.4 is 0 Å².